The Morgan fingerprint density at radius 3 is 2.33 bits per heavy atom. The maximum absolute atomic E-state index is 13.9. The minimum absolute atomic E-state index is 0.00129. The number of ether oxygens (including phenoxy) is 3. The molecule has 1 unspecified atom stereocenters. The molecule has 2 heterocycles. The number of methoxy groups -OCH3 is 2. The zero-order valence-corrected chi connectivity index (χ0v) is 21.8. The van der Waals surface area contributed by atoms with Crippen molar-refractivity contribution in [2.45, 2.75) is 25.9 Å². The lowest BCUT2D eigenvalue weighted by atomic mass is 9.97. The van der Waals surface area contributed by atoms with Crippen molar-refractivity contribution >= 4 is 27.2 Å². The van der Waals surface area contributed by atoms with Gasteiger partial charge in [-0.3, -0.25) is 9.69 Å². The van der Waals surface area contributed by atoms with E-state index in [4.69, 9.17) is 14.2 Å². The number of fused-ring (bicyclic) bond motifs is 1. The molecule has 6 heteroatoms. The van der Waals surface area contributed by atoms with Crippen LogP contribution < -0.4 is 14.2 Å². The summed E-state index contributed by atoms with van der Waals surface area (Å²) in [5, 5.41) is 0.929. The van der Waals surface area contributed by atoms with Gasteiger partial charge in [-0.15, -0.1) is 11.3 Å². The van der Waals surface area contributed by atoms with Crippen LogP contribution in [0.3, 0.4) is 0 Å². The number of ketones is 1. The molecule has 5 rings (SSSR count). The summed E-state index contributed by atoms with van der Waals surface area (Å²) in [6.07, 6.45) is 2.41. The molecule has 0 spiro atoms. The Bertz CT molecular complexity index is 1340. The van der Waals surface area contributed by atoms with Gasteiger partial charge in [0.1, 0.15) is 23.4 Å². The van der Waals surface area contributed by atoms with Crippen LogP contribution >= 0.6 is 11.3 Å². The summed E-state index contributed by atoms with van der Waals surface area (Å²) in [5.41, 5.74) is 2.34. The molecule has 5 nitrogen and oxygen atoms in total. The fourth-order valence-electron chi connectivity index (χ4n) is 4.79. The van der Waals surface area contributed by atoms with Crippen LogP contribution in [0.15, 0.2) is 66.7 Å². The van der Waals surface area contributed by atoms with Crippen LogP contribution in [0.1, 0.15) is 35.7 Å². The van der Waals surface area contributed by atoms with Crippen molar-refractivity contribution in [2.75, 3.05) is 33.9 Å². The number of hydrogen-bond donors (Lipinski definition) is 0. The average molecular weight is 502 g/mol. The van der Waals surface area contributed by atoms with Crippen molar-refractivity contribution in [1.82, 2.24) is 4.90 Å². The number of thiophene rings is 1. The molecule has 1 fully saturated rings. The predicted molar refractivity (Wildman–Crippen MR) is 146 cm³/mol. The second-order valence-corrected chi connectivity index (χ2v) is 10.1. The Morgan fingerprint density at radius 1 is 0.944 bits per heavy atom. The van der Waals surface area contributed by atoms with E-state index in [1.54, 1.807) is 25.6 Å². The zero-order chi connectivity index (χ0) is 25.1. The normalized spacial score (nSPS) is 16.1. The lowest BCUT2D eigenvalue weighted by molar-refractivity contribution is 0.0919. The monoisotopic (exact) mass is 501 g/mol. The average Bonchev–Trinajstić information content (AvgIpc) is 3.32. The van der Waals surface area contributed by atoms with E-state index in [0.717, 1.165) is 70.3 Å². The van der Waals surface area contributed by atoms with Gasteiger partial charge in [0, 0.05) is 32.6 Å². The molecule has 186 valence electrons. The van der Waals surface area contributed by atoms with E-state index in [1.807, 2.05) is 66.7 Å². The maximum Gasteiger partial charge on any atom is 0.195 e. The van der Waals surface area contributed by atoms with Crippen LogP contribution in [0, 0.1) is 0 Å². The maximum atomic E-state index is 13.9. The topological polar surface area (TPSA) is 48.0 Å². The smallest absolute Gasteiger partial charge is 0.195 e. The fraction of sp³-hybridized carbons (Fsp3) is 0.300. The van der Waals surface area contributed by atoms with Gasteiger partial charge in [0.05, 0.1) is 14.2 Å². The summed E-state index contributed by atoms with van der Waals surface area (Å²) in [7, 11) is 3.30. The SMILES string of the molecule is CCN1CCCC(Oc2ccc(C(=O)c3c(-c4ccc(OC)cc4)sc4cc(OC)ccc34)cc2)C1. The van der Waals surface area contributed by atoms with Gasteiger partial charge in [0.25, 0.3) is 0 Å². The molecule has 0 saturated carbocycles. The summed E-state index contributed by atoms with van der Waals surface area (Å²) in [6, 6.07) is 21.3. The summed E-state index contributed by atoms with van der Waals surface area (Å²) < 4.78 is 18.0. The molecule has 0 N–H and O–H groups in total. The largest absolute Gasteiger partial charge is 0.497 e. The summed E-state index contributed by atoms with van der Waals surface area (Å²) in [4.78, 5) is 17.2. The van der Waals surface area contributed by atoms with Crippen molar-refractivity contribution in [3.05, 3.63) is 77.9 Å². The second-order valence-electron chi connectivity index (χ2n) is 9.03. The fourth-order valence-corrected chi connectivity index (χ4v) is 6.03. The highest BCUT2D eigenvalue weighted by atomic mass is 32.1. The number of likely N-dealkylation sites (tertiary alicyclic amines) is 1. The van der Waals surface area contributed by atoms with E-state index >= 15 is 0 Å². The minimum atomic E-state index is -0.00129. The Morgan fingerprint density at radius 2 is 1.64 bits per heavy atom. The molecule has 3 aromatic carbocycles. The molecule has 4 aromatic rings. The molecule has 1 aliphatic heterocycles. The molecule has 1 atom stereocenters. The van der Waals surface area contributed by atoms with Crippen molar-refractivity contribution < 1.29 is 19.0 Å². The molecule has 1 aromatic heterocycles. The molecule has 1 saturated heterocycles. The Kier molecular flexibility index (Phi) is 7.25. The third-order valence-corrected chi connectivity index (χ3v) is 8.01. The van der Waals surface area contributed by atoms with Crippen LogP contribution in [-0.4, -0.2) is 50.6 Å². The van der Waals surface area contributed by atoms with Gasteiger partial charge in [-0.2, -0.15) is 0 Å². The molecule has 0 amide bonds. The van der Waals surface area contributed by atoms with Gasteiger partial charge in [0.2, 0.25) is 0 Å². The Hall–Kier alpha value is -3.35. The molecule has 0 bridgehead atoms. The Labute approximate surface area is 216 Å². The quantitative estimate of drug-likeness (QED) is 0.252. The first-order valence-electron chi connectivity index (χ1n) is 12.4. The highest BCUT2D eigenvalue weighted by Gasteiger charge is 2.23. The molecule has 1 aliphatic rings. The lowest BCUT2D eigenvalue weighted by Crippen LogP contribution is -2.40. The van der Waals surface area contributed by atoms with Crippen molar-refractivity contribution in [2.24, 2.45) is 0 Å². The van der Waals surface area contributed by atoms with E-state index in [9.17, 15) is 4.79 Å². The van der Waals surface area contributed by atoms with Crippen LogP contribution in [-0.2, 0) is 0 Å². The van der Waals surface area contributed by atoms with E-state index < -0.39 is 0 Å². The highest BCUT2D eigenvalue weighted by Crippen LogP contribution is 2.41. The third kappa shape index (κ3) is 4.97. The van der Waals surface area contributed by atoms with Crippen molar-refractivity contribution in [3.63, 3.8) is 0 Å². The number of carbonyl (C=O) groups is 1. The van der Waals surface area contributed by atoms with E-state index in [-0.39, 0.29) is 11.9 Å². The van der Waals surface area contributed by atoms with Gasteiger partial charge in [-0.05, 0) is 98.2 Å². The summed E-state index contributed by atoms with van der Waals surface area (Å²) in [5.74, 6) is 2.36. The summed E-state index contributed by atoms with van der Waals surface area (Å²) in [6.45, 7) is 5.32. The molecule has 0 aliphatic carbocycles. The molecule has 0 radical (unpaired) electrons. The lowest BCUT2D eigenvalue weighted by Gasteiger charge is -2.32. The van der Waals surface area contributed by atoms with Gasteiger partial charge < -0.3 is 14.2 Å². The van der Waals surface area contributed by atoms with Crippen molar-refractivity contribution in [3.8, 4) is 27.7 Å². The molecular formula is C30H31NO4S. The number of rotatable bonds is 8. The Balaban J connectivity index is 1.47. The van der Waals surface area contributed by atoms with Crippen molar-refractivity contribution in [1.29, 1.82) is 0 Å². The minimum Gasteiger partial charge on any atom is -0.497 e. The number of benzene rings is 3. The van der Waals surface area contributed by atoms with E-state index in [0.29, 0.717) is 11.1 Å². The number of carbonyl (C=O) groups excluding carboxylic acids is 1. The van der Waals surface area contributed by atoms with Crippen LogP contribution in [0.2, 0.25) is 0 Å². The number of piperidine rings is 1. The van der Waals surface area contributed by atoms with Crippen LogP contribution in [0.4, 0.5) is 0 Å². The number of hydrogen-bond acceptors (Lipinski definition) is 6. The first-order chi connectivity index (χ1) is 17.6. The molecule has 36 heavy (non-hydrogen) atoms. The predicted octanol–water partition coefficient (Wildman–Crippen LogP) is 6.68. The van der Waals surface area contributed by atoms with Crippen LogP contribution in [0.5, 0.6) is 17.2 Å². The standard InChI is InChI=1S/C30H31NO4S/c1-4-31-17-5-6-25(19-31)35-23-13-7-20(8-14-23)29(32)28-26-16-15-24(34-3)18-27(26)36-30(28)21-9-11-22(33-2)12-10-21/h7-16,18,25H,4-6,17,19H2,1-3H3. The number of nitrogens with zero attached hydrogens (tertiary/aromatic N) is 1. The molecular weight excluding hydrogens is 470 g/mol. The van der Waals surface area contributed by atoms with E-state index in [1.165, 1.54) is 0 Å². The first kappa shape index (κ1) is 24.3. The van der Waals surface area contributed by atoms with Gasteiger partial charge in [-0.25, -0.2) is 0 Å². The second kappa shape index (κ2) is 10.7. The van der Waals surface area contributed by atoms with Gasteiger partial charge in [0.15, 0.2) is 5.78 Å². The highest BCUT2D eigenvalue weighted by molar-refractivity contribution is 7.22. The number of likely N-dealkylation sites (N-methyl/N-ethyl adjacent to an activating group) is 1. The van der Waals surface area contributed by atoms with Crippen LogP contribution in [0.25, 0.3) is 20.5 Å². The third-order valence-electron chi connectivity index (χ3n) is 6.81. The first-order valence-corrected chi connectivity index (χ1v) is 13.2. The summed E-state index contributed by atoms with van der Waals surface area (Å²) >= 11 is 1.60. The van der Waals surface area contributed by atoms with Gasteiger partial charge in [-0.1, -0.05) is 6.92 Å². The van der Waals surface area contributed by atoms with Gasteiger partial charge >= 0.3 is 0 Å². The zero-order valence-electron chi connectivity index (χ0n) is 21.0. The van der Waals surface area contributed by atoms with E-state index in [2.05, 4.69) is 11.8 Å².